The van der Waals surface area contributed by atoms with E-state index in [0.717, 1.165) is 45.3 Å². The van der Waals surface area contributed by atoms with Crippen LogP contribution < -0.4 is 4.72 Å². The molecule has 4 nitrogen and oxygen atoms in total. The Labute approximate surface area is 99.5 Å². The summed E-state index contributed by atoms with van der Waals surface area (Å²) in [7, 11) is -3.05. The summed E-state index contributed by atoms with van der Waals surface area (Å²) in [4.78, 5) is 2.30. The van der Waals surface area contributed by atoms with E-state index in [9.17, 15) is 8.42 Å². The molecule has 0 aromatic heterocycles. The van der Waals surface area contributed by atoms with Gasteiger partial charge in [0.05, 0.1) is 5.75 Å². The first-order valence-corrected chi connectivity index (χ1v) is 7.95. The molecule has 96 valence electrons. The average molecular weight is 248 g/mol. The maximum atomic E-state index is 11.7. The highest BCUT2D eigenvalue weighted by molar-refractivity contribution is 7.89. The Hall–Kier alpha value is -0.130. The highest BCUT2D eigenvalue weighted by Gasteiger charge is 2.22. The van der Waals surface area contributed by atoms with Gasteiger partial charge < -0.3 is 4.90 Å². The Morgan fingerprint density at radius 1 is 1.38 bits per heavy atom. The fourth-order valence-electron chi connectivity index (χ4n) is 2.09. The molecule has 0 aliphatic carbocycles. The zero-order chi connectivity index (χ0) is 12.0. The van der Waals surface area contributed by atoms with Crippen LogP contribution in [0.1, 0.15) is 39.5 Å². The van der Waals surface area contributed by atoms with Crippen molar-refractivity contribution < 1.29 is 8.42 Å². The van der Waals surface area contributed by atoms with Crippen LogP contribution in [-0.2, 0) is 10.0 Å². The normalized spacial score (nSPS) is 23.5. The minimum Gasteiger partial charge on any atom is -0.302 e. The summed E-state index contributed by atoms with van der Waals surface area (Å²) in [5, 5.41) is 0. The van der Waals surface area contributed by atoms with Crippen LogP contribution in [0.4, 0.5) is 0 Å². The Morgan fingerprint density at radius 3 is 2.75 bits per heavy atom. The summed E-state index contributed by atoms with van der Waals surface area (Å²) < 4.78 is 26.3. The SMILES string of the molecule is CCCCS(=O)(=O)N[C@@H]1CCCN(CC)C1. The first-order chi connectivity index (χ1) is 7.57. The number of piperidine rings is 1. The molecule has 0 spiro atoms. The number of hydrogen-bond donors (Lipinski definition) is 1. The third kappa shape index (κ3) is 4.80. The van der Waals surface area contributed by atoms with Gasteiger partial charge in [-0.25, -0.2) is 13.1 Å². The molecular formula is C11H24N2O2S. The Kier molecular flexibility index (Phi) is 5.72. The van der Waals surface area contributed by atoms with Crippen molar-refractivity contribution in [3.63, 3.8) is 0 Å². The second kappa shape index (κ2) is 6.57. The molecule has 0 saturated carbocycles. The van der Waals surface area contributed by atoms with Crippen LogP contribution in [0.2, 0.25) is 0 Å². The van der Waals surface area contributed by atoms with Crippen molar-refractivity contribution in [2.45, 2.75) is 45.6 Å². The lowest BCUT2D eigenvalue weighted by Gasteiger charge is -2.32. The second-order valence-corrected chi connectivity index (χ2v) is 6.40. The summed E-state index contributed by atoms with van der Waals surface area (Å²) in [6.07, 6.45) is 3.74. The number of likely N-dealkylation sites (N-methyl/N-ethyl adjacent to an activating group) is 1. The van der Waals surface area contributed by atoms with Crippen molar-refractivity contribution in [1.82, 2.24) is 9.62 Å². The molecule has 1 rings (SSSR count). The molecule has 16 heavy (non-hydrogen) atoms. The van der Waals surface area contributed by atoms with E-state index < -0.39 is 10.0 Å². The van der Waals surface area contributed by atoms with Crippen LogP contribution in [0.15, 0.2) is 0 Å². The molecule has 1 atom stereocenters. The Bertz CT molecular complexity index is 290. The third-order valence-corrected chi connectivity index (χ3v) is 4.58. The second-order valence-electron chi connectivity index (χ2n) is 4.52. The molecule has 1 aliphatic heterocycles. The minimum absolute atomic E-state index is 0.121. The Morgan fingerprint density at radius 2 is 2.12 bits per heavy atom. The molecule has 1 heterocycles. The van der Waals surface area contributed by atoms with Gasteiger partial charge in [-0.3, -0.25) is 0 Å². The van der Waals surface area contributed by atoms with Gasteiger partial charge in [0.1, 0.15) is 0 Å². The first kappa shape index (κ1) is 13.9. The van der Waals surface area contributed by atoms with Gasteiger partial charge in [-0.1, -0.05) is 20.3 Å². The van der Waals surface area contributed by atoms with Crippen LogP contribution in [0.3, 0.4) is 0 Å². The number of hydrogen-bond acceptors (Lipinski definition) is 3. The van der Waals surface area contributed by atoms with Gasteiger partial charge in [0, 0.05) is 12.6 Å². The van der Waals surface area contributed by atoms with E-state index in [2.05, 4.69) is 16.5 Å². The van der Waals surface area contributed by atoms with Crippen LogP contribution >= 0.6 is 0 Å². The molecule has 0 unspecified atom stereocenters. The van der Waals surface area contributed by atoms with E-state index in [1.807, 2.05) is 6.92 Å². The lowest BCUT2D eigenvalue weighted by atomic mass is 10.1. The lowest BCUT2D eigenvalue weighted by molar-refractivity contribution is 0.211. The number of unbranched alkanes of at least 4 members (excludes halogenated alkanes) is 1. The maximum absolute atomic E-state index is 11.7. The zero-order valence-electron chi connectivity index (χ0n) is 10.4. The third-order valence-electron chi connectivity index (χ3n) is 3.07. The maximum Gasteiger partial charge on any atom is 0.211 e. The molecule has 1 fully saturated rings. The number of nitrogens with one attached hydrogen (secondary N) is 1. The predicted molar refractivity (Wildman–Crippen MR) is 67.0 cm³/mol. The Balaban J connectivity index is 2.40. The molecule has 5 heteroatoms. The van der Waals surface area contributed by atoms with Crippen LogP contribution in [0, 0.1) is 0 Å². The van der Waals surface area contributed by atoms with Gasteiger partial charge in [0.15, 0.2) is 0 Å². The summed E-state index contributed by atoms with van der Waals surface area (Å²) in [5.41, 5.74) is 0. The molecule has 0 amide bonds. The predicted octanol–water partition coefficient (Wildman–Crippen LogP) is 1.19. The zero-order valence-corrected chi connectivity index (χ0v) is 11.2. The molecule has 0 aromatic carbocycles. The monoisotopic (exact) mass is 248 g/mol. The highest BCUT2D eigenvalue weighted by atomic mass is 32.2. The summed E-state index contributed by atoms with van der Waals surface area (Å²) in [5.74, 6) is 0.270. The van der Waals surface area contributed by atoms with Crippen molar-refractivity contribution in [3.8, 4) is 0 Å². The number of sulfonamides is 1. The average Bonchev–Trinajstić information content (AvgIpc) is 2.26. The summed E-state index contributed by atoms with van der Waals surface area (Å²) >= 11 is 0. The van der Waals surface area contributed by atoms with Crippen molar-refractivity contribution in [2.75, 3.05) is 25.4 Å². The number of rotatable bonds is 6. The van der Waals surface area contributed by atoms with E-state index in [1.54, 1.807) is 0 Å². The van der Waals surface area contributed by atoms with Gasteiger partial charge in [-0.2, -0.15) is 0 Å². The van der Waals surface area contributed by atoms with E-state index in [-0.39, 0.29) is 11.8 Å². The molecule has 1 aliphatic rings. The van der Waals surface area contributed by atoms with E-state index in [4.69, 9.17) is 0 Å². The summed E-state index contributed by atoms with van der Waals surface area (Å²) in [6.45, 7) is 7.10. The molecule has 0 bridgehead atoms. The fraction of sp³-hybridized carbons (Fsp3) is 1.00. The van der Waals surface area contributed by atoms with E-state index in [0.29, 0.717) is 0 Å². The van der Waals surface area contributed by atoms with Crippen molar-refractivity contribution in [2.24, 2.45) is 0 Å². The van der Waals surface area contributed by atoms with E-state index in [1.165, 1.54) is 0 Å². The summed E-state index contributed by atoms with van der Waals surface area (Å²) in [6, 6.07) is 0.121. The number of nitrogens with zero attached hydrogens (tertiary/aromatic N) is 1. The topological polar surface area (TPSA) is 49.4 Å². The first-order valence-electron chi connectivity index (χ1n) is 6.29. The number of likely N-dealkylation sites (tertiary alicyclic amines) is 1. The van der Waals surface area contributed by atoms with Gasteiger partial charge in [-0.15, -0.1) is 0 Å². The van der Waals surface area contributed by atoms with E-state index >= 15 is 0 Å². The van der Waals surface area contributed by atoms with Gasteiger partial charge in [-0.05, 0) is 32.4 Å². The molecule has 0 radical (unpaired) electrons. The smallest absolute Gasteiger partial charge is 0.211 e. The largest absolute Gasteiger partial charge is 0.302 e. The standard InChI is InChI=1S/C11H24N2O2S/c1-3-5-9-16(14,15)12-11-7-6-8-13(4-2)10-11/h11-12H,3-10H2,1-2H3/t11-/m1/s1. The van der Waals surface area contributed by atoms with Crippen LogP contribution in [-0.4, -0.2) is 44.7 Å². The minimum atomic E-state index is -3.05. The van der Waals surface area contributed by atoms with Crippen molar-refractivity contribution in [3.05, 3.63) is 0 Å². The van der Waals surface area contributed by atoms with Crippen LogP contribution in [0.25, 0.3) is 0 Å². The van der Waals surface area contributed by atoms with Crippen molar-refractivity contribution >= 4 is 10.0 Å². The van der Waals surface area contributed by atoms with Gasteiger partial charge in [0.2, 0.25) is 10.0 Å². The van der Waals surface area contributed by atoms with Crippen molar-refractivity contribution in [1.29, 1.82) is 0 Å². The van der Waals surface area contributed by atoms with Gasteiger partial charge in [0.25, 0.3) is 0 Å². The molecular weight excluding hydrogens is 224 g/mol. The quantitative estimate of drug-likeness (QED) is 0.768. The van der Waals surface area contributed by atoms with Gasteiger partial charge >= 0.3 is 0 Å². The lowest BCUT2D eigenvalue weighted by Crippen LogP contribution is -2.48. The fourth-order valence-corrected chi connectivity index (χ4v) is 3.57. The molecule has 1 saturated heterocycles. The highest BCUT2D eigenvalue weighted by Crippen LogP contribution is 2.10. The molecule has 1 N–H and O–H groups in total. The molecule has 0 aromatic rings. The van der Waals surface area contributed by atoms with Crippen LogP contribution in [0.5, 0.6) is 0 Å².